The molecular formula is C33H41N7O4S. The summed E-state index contributed by atoms with van der Waals surface area (Å²) in [5, 5.41) is 15.7. The summed E-state index contributed by atoms with van der Waals surface area (Å²) in [6.45, 7) is 15.6. The summed E-state index contributed by atoms with van der Waals surface area (Å²) in [6, 6.07) is 7.88. The number of nitrogens with zero attached hydrogens (tertiary/aromatic N) is 5. The third-order valence-corrected chi connectivity index (χ3v) is 9.46. The molecule has 5 rings (SSSR count). The first-order chi connectivity index (χ1) is 21.7. The molecule has 4 heterocycles. The highest BCUT2D eigenvalue weighted by Crippen LogP contribution is 2.37. The number of nitrogens with one attached hydrogen (secondary N) is 2. The van der Waals surface area contributed by atoms with Gasteiger partial charge < -0.3 is 20.1 Å². The molecule has 2 amide bonds. The molecule has 2 aromatic heterocycles. The fraction of sp³-hybridized carbons (Fsp3) is 0.424. The third kappa shape index (κ3) is 7.75. The molecule has 2 fully saturated rings. The van der Waals surface area contributed by atoms with Crippen LogP contribution in [-0.2, 0) is 16.1 Å². The molecule has 0 aliphatic carbocycles. The Balaban J connectivity index is 1.45. The van der Waals surface area contributed by atoms with Crippen LogP contribution in [0.5, 0.6) is 0 Å². The Kier molecular flexibility index (Phi) is 10.3. The number of anilines is 1. The predicted octanol–water partition coefficient (Wildman–Crippen LogP) is 5.46. The predicted molar refractivity (Wildman–Crippen MR) is 179 cm³/mol. The van der Waals surface area contributed by atoms with Crippen LogP contribution in [0, 0.1) is 5.41 Å². The number of piperidine rings is 1. The molecule has 0 unspecified atom stereocenters. The van der Waals surface area contributed by atoms with Gasteiger partial charge in [-0.15, -0.1) is 0 Å². The van der Waals surface area contributed by atoms with Gasteiger partial charge in [0.2, 0.25) is 0 Å². The van der Waals surface area contributed by atoms with Crippen molar-refractivity contribution in [1.29, 1.82) is 0 Å². The SMILES string of the molecule is C=C/C(=C\N=C(C)N1CCC(C)(C(=O)O)CC1)c1cc(-c2ccc(CN3CCOCC3)cn2)c2sc(NC(=O)NCC)nc2c1. The number of allylic oxidation sites excluding steroid dienone is 2. The van der Waals surface area contributed by atoms with Crippen molar-refractivity contribution >= 4 is 50.1 Å². The van der Waals surface area contributed by atoms with Gasteiger partial charge in [-0.3, -0.25) is 20.0 Å². The second-order valence-corrected chi connectivity index (χ2v) is 12.6. The first kappa shape index (κ1) is 32.3. The lowest BCUT2D eigenvalue weighted by molar-refractivity contribution is -0.150. The van der Waals surface area contributed by atoms with Crippen molar-refractivity contribution in [3.63, 3.8) is 0 Å². The zero-order chi connectivity index (χ0) is 32.0. The van der Waals surface area contributed by atoms with Gasteiger partial charge in [-0.05, 0) is 68.5 Å². The number of ether oxygens (including phenoxy) is 1. The molecule has 2 saturated heterocycles. The lowest BCUT2D eigenvalue weighted by atomic mass is 9.80. The number of benzene rings is 1. The van der Waals surface area contributed by atoms with E-state index in [2.05, 4.69) is 39.1 Å². The Morgan fingerprint density at radius 3 is 2.60 bits per heavy atom. The molecule has 3 N–H and O–H groups in total. The molecular weight excluding hydrogens is 590 g/mol. The van der Waals surface area contributed by atoms with Crippen LogP contribution >= 0.6 is 11.3 Å². The lowest BCUT2D eigenvalue weighted by Crippen LogP contribution is -2.44. The van der Waals surface area contributed by atoms with E-state index in [1.807, 2.05) is 39.1 Å². The normalized spacial score (nSPS) is 17.7. The van der Waals surface area contributed by atoms with Crippen molar-refractivity contribution in [3.8, 4) is 11.3 Å². The summed E-state index contributed by atoms with van der Waals surface area (Å²) in [5.74, 6) is 0.0760. The highest BCUT2D eigenvalue weighted by atomic mass is 32.1. The number of fused-ring (bicyclic) bond motifs is 1. The van der Waals surface area contributed by atoms with Gasteiger partial charge in [0.1, 0.15) is 5.84 Å². The van der Waals surface area contributed by atoms with Crippen molar-refractivity contribution in [3.05, 3.63) is 60.4 Å². The number of aromatic nitrogens is 2. The van der Waals surface area contributed by atoms with Gasteiger partial charge >= 0.3 is 12.0 Å². The van der Waals surface area contributed by atoms with Gasteiger partial charge in [0, 0.05) is 57.2 Å². The number of urea groups is 1. The summed E-state index contributed by atoms with van der Waals surface area (Å²) in [6.07, 6.45) is 6.61. The molecule has 45 heavy (non-hydrogen) atoms. The van der Waals surface area contributed by atoms with Crippen LogP contribution in [0.25, 0.3) is 27.0 Å². The number of aliphatic carboxylic acids is 1. The van der Waals surface area contributed by atoms with Crippen molar-refractivity contribution in [2.75, 3.05) is 51.3 Å². The molecule has 11 nitrogen and oxygen atoms in total. The molecule has 2 aliphatic rings. The van der Waals surface area contributed by atoms with E-state index in [1.54, 1.807) is 12.3 Å². The number of carboxylic acids is 1. The van der Waals surface area contributed by atoms with Gasteiger partial charge in [-0.25, -0.2) is 14.8 Å². The average molecular weight is 632 g/mol. The number of carbonyl (C=O) groups excluding carboxylic acids is 1. The van der Waals surface area contributed by atoms with Crippen molar-refractivity contribution in [2.45, 2.75) is 40.2 Å². The maximum atomic E-state index is 12.3. The molecule has 1 aromatic carbocycles. The van der Waals surface area contributed by atoms with Crippen LogP contribution in [-0.4, -0.2) is 88.6 Å². The first-order valence-corrected chi connectivity index (χ1v) is 16.1. The average Bonchev–Trinajstić information content (AvgIpc) is 3.44. The Morgan fingerprint density at radius 2 is 1.96 bits per heavy atom. The number of amidine groups is 1. The highest BCUT2D eigenvalue weighted by molar-refractivity contribution is 7.22. The van der Waals surface area contributed by atoms with E-state index in [9.17, 15) is 14.7 Å². The van der Waals surface area contributed by atoms with Crippen LogP contribution < -0.4 is 10.6 Å². The summed E-state index contributed by atoms with van der Waals surface area (Å²) < 4.78 is 6.39. The van der Waals surface area contributed by atoms with E-state index in [0.717, 1.165) is 76.9 Å². The number of likely N-dealkylation sites (tertiary alicyclic amines) is 1. The number of aliphatic imine (C=N–C) groups is 1. The van der Waals surface area contributed by atoms with Crippen molar-refractivity contribution in [2.24, 2.45) is 10.4 Å². The fourth-order valence-corrected chi connectivity index (χ4v) is 6.43. The fourth-order valence-electron chi connectivity index (χ4n) is 5.47. The number of thiazole rings is 1. The second-order valence-electron chi connectivity index (χ2n) is 11.6. The number of carboxylic acid groups (broad SMARTS) is 1. The maximum absolute atomic E-state index is 12.3. The van der Waals surface area contributed by atoms with Crippen molar-refractivity contribution in [1.82, 2.24) is 25.1 Å². The van der Waals surface area contributed by atoms with E-state index in [4.69, 9.17) is 19.7 Å². The molecule has 2 aliphatic heterocycles. The minimum Gasteiger partial charge on any atom is -0.481 e. The molecule has 3 aromatic rings. The van der Waals surface area contributed by atoms with E-state index < -0.39 is 11.4 Å². The Bertz CT molecular complexity index is 1600. The highest BCUT2D eigenvalue weighted by Gasteiger charge is 2.37. The zero-order valence-electron chi connectivity index (χ0n) is 26.1. The van der Waals surface area contributed by atoms with E-state index in [1.165, 1.54) is 11.3 Å². The third-order valence-electron chi connectivity index (χ3n) is 8.44. The molecule has 0 radical (unpaired) electrons. The first-order valence-electron chi connectivity index (χ1n) is 15.3. The number of pyridine rings is 1. The lowest BCUT2D eigenvalue weighted by Gasteiger charge is -2.37. The number of hydrogen-bond acceptors (Lipinski definition) is 8. The zero-order valence-corrected chi connectivity index (χ0v) is 27.0. The monoisotopic (exact) mass is 631 g/mol. The topological polar surface area (TPSA) is 132 Å². The minimum atomic E-state index is -0.746. The van der Waals surface area contributed by atoms with Crippen LogP contribution in [0.3, 0.4) is 0 Å². The molecule has 238 valence electrons. The molecule has 12 heteroatoms. The van der Waals surface area contributed by atoms with Crippen LogP contribution in [0.4, 0.5) is 9.93 Å². The number of carbonyl (C=O) groups is 2. The molecule has 0 saturated carbocycles. The summed E-state index contributed by atoms with van der Waals surface area (Å²) in [7, 11) is 0. The minimum absolute atomic E-state index is 0.304. The number of amides is 2. The smallest absolute Gasteiger partial charge is 0.321 e. The van der Waals surface area contributed by atoms with Gasteiger partial charge in [-0.1, -0.05) is 30.1 Å². The van der Waals surface area contributed by atoms with E-state index >= 15 is 0 Å². The van der Waals surface area contributed by atoms with Gasteiger partial charge in [0.25, 0.3) is 0 Å². The number of morpholine rings is 1. The Morgan fingerprint density at radius 1 is 1.20 bits per heavy atom. The molecule has 0 bridgehead atoms. The van der Waals surface area contributed by atoms with Crippen LogP contribution in [0.2, 0.25) is 0 Å². The standard InChI is InChI=1S/C33H41N7O4S/c1-5-24(20-35-22(3)40-11-9-33(4,10-12-40)30(41)42)25-17-26(29-28(18-25)37-32(45-29)38-31(43)34-6-2)27-8-7-23(19-36-27)21-39-13-15-44-16-14-39/h5,7-8,17-20H,1,6,9-16,21H2,2-4H3,(H,41,42)(H2,34,37,38,43)/b24-20+,35-22?. The summed E-state index contributed by atoms with van der Waals surface area (Å²) in [5.41, 5.74) is 4.55. The van der Waals surface area contributed by atoms with Gasteiger partial charge in [0.15, 0.2) is 5.13 Å². The van der Waals surface area contributed by atoms with Crippen LogP contribution in [0.1, 0.15) is 44.7 Å². The van der Waals surface area contributed by atoms with Crippen molar-refractivity contribution < 1.29 is 19.4 Å². The van der Waals surface area contributed by atoms with E-state index in [-0.39, 0.29) is 6.03 Å². The maximum Gasteiger partial charge on any atom is 0.321 e. The molecule has 0 spiro atoms. The Hall–Kier alpha value is -4.13. The van der Waals surface area contributed by atoms with Gasteiger partial charge in [-0.2, -0.15) is 0 Å². The number of rotatable bonds is 9. The summed E-state index contributed by atoms with van der Waals surface area (Å²) >= 11 is 1.41. The van der Waals surface area contributed by atoms with Gasteiger partial charge in [0.05, 0.1) is 34.5 Å². The van der Waals surface area contributed by atoms with Crippen LogP contribution in [0.15, 0.2) is 54.3 Å². The number of hydrogen-bond donors (Lipinski definition) is 3. The summed E-state index contributed by atoms with van der Waals surface area (Å²) in [4.78, 5) is 42.7. The largest absolute Gasteiger partial charge is 0.481 e. The van der Waals surface area contributed by atoms with E-state index in [0.29, 0.717) is 37.6 Å². The molecule has 0 atom stereocenters. The quantitative estimate of drug-likeness (QED) is 0.161. The second kappa shape index (κ2) is 14.3. The Labute approximate surface area is 267 Å².